The first-order valence-electron chi connectivity index (χ1n) is 9.94. The van der Waals surface area contributed by atoms with Crippen molar-refractivity contribution in [2.45, 2.75) is 26.4 Å². The summed E-state index contributed by atoms with van der Waals surface area (Å²) >= 11 is 0. The molecule has 0 aliphatic carbocycles. The smallest absolute Gasteiger partial charge is 0.274 e. The van der Waals surface area contributed by atoms with Crippen LogP contribution in [0.4, 0.5) is 11.4 Å². The fraction of sp³-hybridized carbons (Fsp3) is 0.208. The van der Waals surface area contributed by atoms with Gasteiger partial charge in [-0.15, -0.1) is 0 Å². The van der Waals surface area contributed by atoms with Gasteiger partial charge in [0.15, 0.2) is 0 Å². The number of fused-ring (bicyclic) bond motifs is 1. The largest absolute Gasteiger partial charge is 0.321 e. The van der Waals surface area contributed by atoms with E-state index >= 15 is 0 Å². The Morgan fingerprint density at radius 2 is 1.77 bits per heavy atom. The molecule has 1 aliphatic heterocycles. The highest BCUT2D eigenvalue weighted by Crippen LogP contribution is 2.25. The number of amides is 1. The van der Waals surface area contributed by atoms with Gasteiger partial charge in [-0.3, -0.25) is 19.8 Å². The van der Waals surface area contributed by atoms with Crippen LogP contribution in [0.2, 0.25) is 0 Å². The lowest BCUT2D eigenvalue weighted by molar-refractivity contribution is -0.385. The van der Waals surface area contributed by atoms with Crippen LogP contribution in [-0.2, 0) is 19.5 Å². The maximum atomic E-state index is 12.6. The molecule has 6 heteroatoms. The molecule has 0 bridgehead atoms. The van der Waals surface area contributed by atoms with Crippen molar-refractivity contribution in [3.8, 4) is 0 Å². The third kappa shape index (κ3) is 4.23. The SMILES string of the molecule is Cc1c(NC(=O)c2ccc(CN3CCc4ccccc4C3)cc2)cccc1[N+](=O)[O-]. The van der Waals surface area contributed by atoms with E-state index in [2.05, 4.69) is 34.5 Å². The number of hydrogen-bond acceptors (Lipinski definition) is 4. The fourth-order valence-corrected chi connectivity index (χ4v) is 3.86. The first-order valence-corrected chi connectivity index (χ1v) is 9.94. The second-order valence-corrected chi connectivity index (χ2v) is 7.59. The highest BCUT2D eigenvalue weighted by Gasteiger charge is 2.17. The van der Waals surface area contributed by atoms with Crippen LogP contribution in [0.25, 0.3) is 0 Å². The van der Waals surface area contributed by atoms with Crippen molar-refractivity contribution >= 4 is 17.3 Å². The van der Waals surface area contributed by atoms with Crippen LogP contribution in [0.3, 0.4) is 0 Å². The van der Waals surface area contributed by atoms with Crippen LogP contribution < -0.4 is 5.32 Å². The van der Waals surface area contributed by atoms with Crippen molar-refractivity contribution in [3.63, 3.8) is 0 Å². The average Bonchev–Trinajstić information content (AvgIpc) is 2.75. The topological polar surface area (TPSA) is 75.5 Å². The van der Waals surface area contributed by atoms with Crippen LogP contribution in [-0.4, -0.2) is 22.3 Å². The van der Waals surface area contributed by atoms with Crippen molar-refractivity contribution < 1.29 is 9.72 Å². The molecule has 0 atom stereocenters. The molecule has 30 heavy (non-hydrogen) atoms. The molecule has 0 aromatic heterocycles. The zero-order chi connectivity index (χ0) is 21.1. The van der Waals surface area contributed by atoms with Gasteiger partial charge in [-0.05, 0) is 48.2 Å². The van der Waals surface area contributed by atoms with Gasteiger partial charge in [-0.2, -0.15) is 0 Å². The molecule has 152 valence electrons. The Bertz CT molecular complexity index is 1090. The number of nitro benzene ring substituents is 1. The number of nitro groups is 1. The quantitative estimate of drug-likeness (QED) is 0.496. The Hall–Kier alpha value is -3.51. The van der Waals surface area contributed by atoms with Gasteiger partial charge in [-0.25, -0.2) is 0 Å². The summed E-state index contributed by atoms with van der Waals surface area (Å²) in [4.78, 5) is 25.6. The number of rotatable bonds is 5. The molecule has 0 saturated carbocycles. The molecule has 1 amide bonds. The van der Waals surface area contributed by atoms with E-state index in [1.54, 1.807) is 31.2 Å². The number of nitrogens with one attached hydrogen (secondary N) is 1. The summed E-state index contributed by atoms with van der Waals surface area (Å²) in [5.74, 6) is -0.281. The van der Waals surface area contributed by atoms with Gasteiger partial charge < -0.3 is 5.32 Å². The average molecular weight is 401 g/mol. The molecule has 3 aromatic carbocycles. The van der Waals surface area contributed by atoms with E-state index in [-0.39, 0.29) is 11.6 Å². The Labute approximate surface area is 175 Å². The van der Waals surface area contributed by atoms with E-state index in [4.69, 9.17) is 0 Å². The summed E-state index contributed by atoms with van der Waals surface area (Å²) in [6.45, 7) is 4.42. The first kappa shape index (κ1) is 19.8. The molecule has 1 N–H and O–H groups in total. The van der Waals surface area contributed by atoms with Crippen molar-refractivity contribution in [2.24, 2.45) is 0 Å². The standard InChI is InChI=1S/C24H23N3O3/c1-17-22(7-4-8-23(17)27(29)30)25-24(28)20-11-9-18(10-12-20)15-26-14-13-19-5-2-3-6-21(19)16-26/h2-12H,13-16H2,1H3,(H,25,28). The van der Waals surface area contributed by atoms with Crippen molar-refractivity contribution in [2.75, 3.05) is 11.9 Å². The van der Waals surface area contributed by atoms with Crippen molar-refractivity contribution in [3.05, 3.63) is 105 Å². The molecule has 0 fully saturated rings. The van der Waals surface area contributed by atoms with Gasteiger partial charge in [0.25, 0.3) is 11.6 Å². The Morgan fingerprint density at radius 3 is 2.50 bits per heavy atom. The molecule has 4 rings (SSSR count). The summed E-state index contributed by atoms with van der Waals surface area (Å²) < 4.78 is 0. The summed E-state index contributed by atoms with van der Waals surface area (Å²) in [7, 11) is 0. The number of hydrogen-bond donors (Lipinski definition) is 1. The Balaban J connectivity index is 1.41. The minimum atomic E-state index is -0.446. The number of carbonyl (C=O) groups excluding carboxylic acids is 1. The molecular formula is C24H23N3O3. The molecular weight excluding hydrogens is 378 g/mol. The lowest BCUT2D eigenvalue weighted by Crippen LogP contribution is -2.29. The van der Waals surface area contributed by atoms with E-state index in [9.17, 15) is 14.9 Å². The molecule has 0 spiro atoms. The molecule has 1 heterocycles. The third-order valence-electron chi connectivity index (χ3n) is 5.58. The van der Waals surface area contributed by atoms with Crippen LogP contribution in [0, 0.1) is 17.0 Å². The van der Waals surface area contributed by atoms with Crippen molar-refractivity contribution in [1.29, 1.82) is 0 Å². The third-order valence-corrected chi connectivity index (χ3v) is 5.58. The van der Waals surface area contributed by atoms with Crippen LogP contribution >= 0.6 is 0 Å². The highest BCUT2D eigenvalue weighted by molar-refractivity contribution is 6.04. The lowest BCUT2D eigenvalue weighted by atomic mass is 9.99. The normalized spacial score (nSPS) is 13.5. The van der Waals surface area contributed by atoms with Gasteiger partial charge in [0.1, 0.15) is 0 Å². The highest BCUT2D eigenvalue weighted by atomic mass is 16.6. The first-order chi connectivity index (χ1) is 14.5. The van der Waals surface area contributed by atoms with Crippen molar-refractivity contribution in [1.82, 2.24) is 4.90 Å². The minimum Gasteiger partial charge on any atom is -0.321 e. The second kappa shape index (κ2) is 8.47. The predicted octanol–water partition coefficient (Wildman–Crippen LogP) is 4.71. The van der Waals surface area contributed by atoms with Crippen LogP contribution in [0.1, 0.15) is 32.6 Å². The van der Waals surface area contributed by atoms with E-state index in [1.807, 2.05) is 12.1 Å². The zero-order valence-electron chi connectivity index (χ0n) is 16.8. The van der Waals surface area contributed by atoms with Crippen LogP contribution in [0.15, 0.2) is 66.7 Å². The lowest BCUT2D eigenvalue weighted by Gasteiger charge is -2.28. The van der Waals surface area contributed by atoms with Gasteiger partial charge in [0.2, 0.25) is 0 Å². The van der Waals surface area contributed by atoms with Gasteiger partial charge in [0, 0.05) is 31.3 Å². The van der Waals surface area contributed by atoms with Crippen LogP contribution in [0.5, 0.6) is 0 Å². The zero-order valence-corrected chi connectivity index (χ0v) is 16.8. The number of benzene rings is 3. The van der Waals surface area contributed by atoms with Gasteiger partial charge in [0.05, 0.1) is 16.2 Å². The summed E-state index contributed by atoms with van der Waals surface area (Å²) in [6, 6.07) is 20.8. The summed E-state index contributed by atoms with van der Waals surface area (Å²) in [6.07, 6.45) is 1.05. The monoisotopic (exact) mass is 401 g/mol. The number of nitrogens with zero attached hydrogens (tertiary/aromatic N) is 2. The van der Waals surface area contributed by atoms with Gasteiger partial charge >= 0.3 is 0 Å². The predicted molar refractivity (Wildman–Crippen MR) is 116 cm³/mol. The van der Waals surface area contributed by atoms with Gasteiger partial charge in [-0.1, -0.05) is 42.5 Å². The molecule has 1 aliphatic rings. The molecule has 3 aromatic rings. The molecule has 0 saturated heterocycles. The van der Waals surface area contributed by atoms with E-state index in [1.165, 1.54) is 17.2 Å². The summed E-state index contributed by atoms with van der Waals surface area (Å²) in [5.41, 5.74) is 5.37. The maximum Gasteiger partial charge on any atom is 0.274 e. The number of carbonyl (C=O) groups is 1. The van der Waals surface area contributed by atoms with E-state index < -0.39 is 4.92 Å². The van der Waals surface area contributed by atoms with E-state index in [0.29, 0.717) is 16.8 Å². The fourth-order valence-electron chi connectivity index (χ4n) is 3.86. The molecule has 6 nitrogen and oxygen atoms in total. The Kier molecular flexibility index (Phi) is 5.59. The maximum absolute atomic E-state index is 12.6. The molecule has 0 unspecified atom stereocenters. The summed E-state index contributed by atoms with van der Waals surface area (Å²) in [5, 5.41) is 13.9. The van der Waals surface area contributed by atoms with E-state index in [0.717, 1.165) is 31.6 Å². The second-order valence-electron chi connectivity index (χ2n) is 7.59. The Morgan fingerprint density at radius 1 is 1.03 bits per heavy atom. The molecule has 0 radical (unpaired) electrons. The minimum absolute atomic E-state index is 0.00810. The number of anilines is 1.